The molecule has 1 aliphatic carbocycles. The standard InChI is InChI=1S/C24H24FN5O3S/c1-13-8-20-24(26-13)21(10-15(27-20)11-22(31)16-12-17(16)25)28-19-5-4-14(9-23(19)34(3,32)33)18-6-7-30(2)29-18/h4-7,9-10,16-17H,8,11-12H2,1-3H3,(H,27,28)/t16-,17?/m1/s1. The summed E-state index contributed by atoms with van der Waals surface area (Å²) in [4.78, 5) is 21.6. The second-order valence-corrected chi connectivity index (χ2v) is 10.9. The van der Waals surface area contributed by atoms with Crippen molar-refractivity contribution in [3.8, 4) is 11.3 Å². The van der Waals surface area contributed by atoms with Gasteiger partial charge in [0, 0.05) is 43.6 Å². The second-order valence-electron chi connectivity index (χ2n) is 8.96. The second kappa shape index (κ2) is 8.12. The number of sulfone groups is 1. The highest BCUT2D eigenvalue weighted by atomic mass is 32.2. The van der Waals surface area contributed by atoms with Crippen LogP contribution in [0.1, 0.15) is 24.7 Å². The average Bonchev–Trinajstić information content (AvgIpc) is 3.14. The molecular formula is C24H24FN5O3S. The van der Waals surface area contributed by atoms with Crippen LogP contribution in [0.4, 0.5) is 21.5 Å². The number of nitrogens with zero attached hydrogens (tertiary/aromatic N) is 4. The van der Waals surface area contributed by atoms with E-state index in [9.17, 15) is 17.6 Å². The van der Waals surface area contributed by atoms with E-state index in [0.717, 1.165) is 12.0 Å². The highest BCUT2D eigenvalue weighted by Crippen LogP contribution is 2.39. The molecule has 176 valence electrons. The maximum atomic E-state index is 13.3. The number of fused-ring (bicyclic) bond motifs is 1. The molecule has 10 heteroatoms. The van der Waals surface area contributed by atoms with Crippen LogP contribution in [-0.4, -0.2) is 47.1 Å². The number of carbonyl (C=O) groups excluding carboxylic acids is 1. The Kier molecular flexibility index (Phi) is 5.35. The number of rotatable bonds is 7. The van der Waals surface area contributed by atoms with Gasteiger partial charge in [-0.25, -0.2) is 12.8 Å². The van der Waals surface area contributed by atoms with Gasteiger partial charge in [0.1, 0.15) is 17.6 Å². The zero-order valence-electron chi connectivity index (χ0n) is 19.0. The molecule has 1 N–H and O–H groups in total. The SMILES string of the molecule is CC1=Nc2c(Nc3ccc(-c4ccn(C)n4)cc3S(C)(=O)=O)cc(CC(=O)[C@@H]3CC3F)nc2C1. The van der Waals surface area contributed by atoms with Crippen molar-refractivity contribution < 1.29 is 17.6 Å². The number of hydrogen-bond acceptors (Lipinski definition) is 7. The molecule has 2 atom stereocenters. The van der Waals surface area contributed by atoms with Gasteiger partial charge in [0.25, 0.3) is 0 Å². The first-order chi connectivity index (χ1) is 16.1. The number of halogens is 1. The van der Waals surface area contributed by atoms with Crippen molar-refractivity contribution in [3.63, 3.8) is 0 Å². The predicted octanol–water partition coefficient (Wildman–Crippen LogP) is 3.75. The summed E-state index contributed by atoms with van der Waals surface area (Å²) in [5.74, 6) is -0.710. The summed E-state index contributed by atoms with van der Waals surface area (Å²) in [6, 6.07) is 8.60. The van der Waals surface area contributed by atoms with Gasteiger partial charge in [-0.2, -0.15) is 5.10 Å². The van der Waals surface area contributed by atoms with Crippen molar-refractivity contribution >= 4 is 38.4 Å². The summed E-state index contributed by atoms with van der Waals surface area (Å²) in [7, 11) is -1.79. The molecule has 0 spiro atoms. The van der Waals surface area contributed by atoms with E-state index < -0.39 is 21.9 Å². The number of nitrogens with one attached hydrogen (secondary N) is 1. The van der Waals surface area contributed by atoms with Gasteiger partial charge in [-0.1, -0.05) is 6.07 Å². The molecule has 1 fully saturated rings. The van der Waals surface area contributed by atoms with E-state index in [1.807, 2.05) is 13.0 Å². The summed E-state index contributed by atoms with van der Waals surface area (Å²) in [5.41, 5.74) is 5.01. The summed E-state index contributed by atoms with van der Waals surface area (Å²) in [6.45, 7) is 1.89. The lowest BCUT2D eigenvalue weighted by molar-refractivity contribution is -0.120. The Morgan fingerprint density at radius 2 is 2.00 bits per heavy atom. The summed E-state index contributed by atoms with van der Waals surface area (Å²) < 4.78 is 40.3. The molecule has 1 aromatic carbocycles. The molecule has 1 aliphatic heterocycles. The van der Waals surface area contributed by atoms with Crippen molar-refractivity contribution in [2.45, 2.75) is 37.3 Å². The number of ketones is 1. The van der Waals surface area contributed by atoms with Crippen LogP contribution in [0.3, 0.4) is 0 Å². The van der Waals surface area contributed by atoms with Crippen LogP contribution in [0, 0.1) is 5.92 Å². The van der Waals surface area contributed by atoms with E-state index in [0.29, 0.717) is 46.1 Å². The molecule has 1 unspecified atom stereocenters. The summed E-state index contributed by atoms with van der Waals surface area (Å²) in [5, 5.41) is 7.57. The van der Waals surface area contributed by atoms with E-state index in [1.165, 1.54) is 0 Å². The maximum absolute atomic E-state index is 13.3. The minimum atomic E-state index is -3.58. The molecule has 5 rings (SSSR count). The van der Waals surface area contributed by atoms with Crippen molar-refractivity contribution in [3.05, 3.63) is 47.9 Å². The summed E-state index contributed by atoms with van der Waals surface area (Å²) in [6.07, 6.45) is 2.74. The van der Waals surface area contributed by atoms with Gasteiger partial charge >= 0.3 is 0 Å². The predicted molar refractivity (Wildman–Crippen MR) is 127 cm³/mol. The molecule has 1 saturated carbocycles. The zero-order chi connectivity index (χ0) is 24.2. The van der Waals surface area contributed by atoms with Crippen molar-refractivity contribution in [2.24, 2.45) is 18.0 Å². The number of Topliss-reactive ketones (excluding diaryl/α,β-unsaturated/α-hetero) is 1. The maximum Gasteiger partial charge on any atom is 0.177 e. The van der Waals surface area contributed by atoms with Crippen LogP contribution in [-0.2, 0) is 34.5 Å². The van der Waals surface area contributed by atoms with Gasteiger partial charge in [0.15, 0.2) is 9.84 Å². The third-order valence-corrected chi connectivity index (χ3v) is 7.12. The monoisotopic (exact) mass is 481 g/mol. The first-order valence-electron chi connectivity index (χ1n) is 10.9. The molecule has 34 heavy (non-hydrogen) atoms. The van der Waals surface area contributed by atoms with Gasteiger partial charge in [-0.3, -0.25) is 19.5 Å². The molecule has 2 aromatic heterocycles. The smallest absolute Gasteiger partial charge is 0.177 e. The number of alkyl halides is 1. The number of aryl methyl sites for hydroxylation is 1. The fourth-order valence-electron chi connectivity index (χ4n) is 4.17. The molecule has 8 nitrogen and oxygen atoms in total. The number of anilines is 2. The van der Waals surface area contributed by atoms with Crippen LogP contribution in [0.2, 0.25) is 0 Å². The van der Waals surface area contributed by atoms with Crippen LogP contribution in [0.25, 0.3) is 11.3 Å². The molecule has 0 bridgehead atoms. The van der Waals surface area contributed by atoms with Crippen LogP contribution in [0.15, 0.2) is 46.4 Å². The van der Waals surface area contributed by atoms with Gasteiger partial charge in [-0.15, -0.1) is 0 Å². The molecule has 0 radical (unpaired) electrons. The fourth-order valence-corrected chi connectivity index (χ4v) is 5.03. The number of aliphatic imine (C=N–C) groups is 1. The quantitative estimate of drug-likeness (QED) is 0.551. The van der Waals surface area contributed by atoms with Gasteiger partial charge in [0.05, 0.1) is 39.3 Å². The van der Waals surface area contributed by atoms with Gasteiger partial charge in [0.2, 0.25) is 0 Å². The number of hydrogen-bond donors (Lipinski definition) is 1. The van der Waals surface area contributed by atoms with E-state index in [2.05, 4.69) is 20.4 Å². The zero-order valence-corrected chi connectivity index (χ0v) is 19.9. The Balaban J connectivity index is 1.53. The first kappa shape index (κ1) is 22.4. The highest BCUT2D eigenvalue weighted by Gasteiger charge is 2.43. The normalized spacial score (nSPS) is 19.0. The lowest BCUT2D eigenvalue weighted by atomic mass is 10.1. The fraction of sp³-hybridized carbons (Fsp3) is 0.333. The first-order valence-corrected chi connectivity index (χ1v) is 12.8. The third kappa shape index (κ3) is 4.37. The van der Waals surface area contributed by atoms with Crippen LogP contribution < -0.4 is 5.32 Å². The molecule has 3 heterocycles. The number of pyridine rings is 1. The molecule has 2 aliphatic rings. The van der Waals surface area contributed by atoms with Crippen molar-refractivity contribution in [2.75, 3.05) is 11.6 Å². The van der Waals surface area contributed by atoms with E-state index in [1.54, 1.807) is 42.2 Å². The Labute approximate surface area is 196 Å². The van der Waals surface area contributed by atoms with E-state index in [-0.39, 0.29) is 23.5 Å². The van der Waals surface area contributed by atoms with Crippen molar-refractivity contribution in [1.82, 2.24) is 14.8 Å². The molecule has 3 aromatic rings. The lowest BCUT2D eigenvalue weighted by Crippen LogP contribution is -2.10. The Hall–Kier alpha value is -3.40. The third-order valence-electron chi connectivity index (χ3n) is 5.99. The van der Waals surface area contributed by atoms with Crippen molar-refractivity contribution in [1.29, 1.82) is 0 Å². The number of benzene rings is 1. The summed E-state index contributed by atoms with van der Waals surface area (Å²) >= 11 is 0. The molecule has 0 saturated heterocycles. The van der Waals surface area contributed by atoms with E-state index >= 15 is 0 Å². The van der Waals surface area contributed by atoms with Gasteiger partial charge < -0.3 is 5.32 Å². The van der Waals surface area contributed by atoms with Crippen LogP contribution >= 0.6 is 0 Å². The minimum Gasteiger partial charge on any atom is -0.353 e. The topological polar surface area (TPSA) is 106 Å². The van der Waals surface area contributed by atoms with Crippen LogP contribution in [0.5, 0.6) is 0 Å². The largest absolute Gasteiger partial charge is 0.353 e. The Morgan fingerprint density at radius 1 is 1.24 bits per heavy atom. The number of carbonyl (C=O) groups is 1. The average molecular weight is 482 g/mol. The highest BCUT2D eigenvalue weighted by molar-refractivity contribution is 7.90. The molecular weight excluding hydrogens is 457 g/mol. The number of aromatic nitrogens is 3. The Morgan fingerprint density at radius 3 is 2.65 bits per heavy atom. The van der Waals surface area contributed by atoms with E-state index in [4.69, 9.17) is 0 Å². The molecule has 0 amide bonds. The van der Waals surface area contributed by atoms with Gasteiger partial charge in [-0.05, 0) is 37.6 Å². The minimum absolute atomic E-state index is 0.0314. The Bertz CT molecular complexity index is 1460. The lowest BCUT2D eigenvalue weighted by Gasteiger charge is -2.15.